The Labute approximate surface area is 180 Å². The lowest BCUT2D eigenvalue weighted by Crippen LogP contribution is -2.56. The van der Waals surface area contributed by atoms with E-state index in [0.717, 1.165) is 16.5 Å². The Bertz CT molecular complexity index is 1110. The average Bonchev–Trinajstić information content (AvgIpc) is 2.89. The summed E-state index contributed by atoms with van der Waals surface area (Å²) in [7, 11) is 1.75. The molecular weight excluding hydrogens is 400 g/mol. The summed E-state index contributed by atoms with van der Waals surface area (Å²) in [5, 5.41) is 8.36. The summed E-state index contributed by atoms with van der Waals surface area (Å²) in [6, 6.07) is 20.0. The third kappa shape index (κ3) is 3.44. The topological polar surface area (TPSA) is 64.7 Å². The van der Waals surface area contributed by atoms with Crippen LogP contribution in [0.2, 0.25) is 5.02 Å². The van der Waals surface area contributed by atoms with Crippen LogP contribution in [-0.2, 0) is 0 Å². The minimum absolute atomic E-state index is 0.173. The van der Waals surface area contributed by atoms with Gasteiger partial charge in [0.1, 0.15) is 6.17 Å². The molecular formula is C23H23ClN4O2. The molecule has 4 rings (SSSR count). The van der Waals surface area contributed by atoms with Crippen molar-refractivity contribution in [1.82, 2.24) is 10.2 Å². The third-order valence-electron chi connectivity index (χ3n) is 5.68. The molecule has 1 aliphatic heterocycles. The lowest BCUT2D eigenvalue weighted by Gasteiger charge is -2.34. The maximum atomic E-state index is 13.2. The molecule has 1 atom stereocenters. The lowest BCUT2D eigenvalue weighted by molar-refractivity contribution is 0.180. The van der Waals surface area contributed by atoms with Gasteiger partial charge in [0, 0.05) is 23.1 Å². The summed E-state index contributed by atoms with van der Waals surface area (Å²) in [6.07, 6.45) is -0.576. The first-order valence-electron chi connectivity index (χ1n) is 9.67. The summed E-state index contributed by atoms with van der Waals surface area (Å²) in [4.78, 5) is 29.3. The number of amides is 4. The maximum absolute atomic E-state index is 13.2. The number of hydrogen-bond donors (Lipinski definition) is 2. The van der Waals surface area contributed by atoms with Crippen molar-refractivity contribution in [1.29, 1.82) is 0 Å². The highest BCUT2D eigenvalue weighted by molar-refractivity contribution is 6.30. The zero-order chi connectivity index (χ0) is 21.5. The van der Waals surface area contributed by atoms with E-state index in [-0.39, 0.29) is 6.03 Å². The van der Waals surface area contributed by atoms with Crippen LogP contribution in [0.4, 0.5) is 21.0 Å². The van der Waals surface area contributed by atoms with Crippen molar-refractivity contribution >= 4 is 45.8 Å². The zero-order valence-electron chi connectivity index (χ0n) is 17.0. The predicted molar refractivity (Wildman–Crippen MR) is 121 cm³/mol. The Hall–Kier alpha value is -3.25. The highest BCUT2D eigenvalue weighted by atomic mass is 35.5. The first kappa shape index (κ1) is 20.0. The number of benzene rings is 3. The Morgan fingerprint density at radius 2 is 1.67 bits per heavy atom. The van der Waals surface area contributed by atoms with E-state index in [1.54, 1.807) is 41.1 Å². The molecule has 0 bridgehead atoms. The number of hydrogen-bond acceptors (Lipinski definition) is 2. The molecule has 7 heteroatoms. The van der Waals surface area contributed by atoms with Gasteiger partial charge in [0.25, 0.3) is 0 Å². The van der Waals surface area contributed by atoms with E-state index in [2.05, 4.69) is 10.6 Å². The molecule has 4 amide bonds. The van der Waals surface area contributed by atoms with Crippen molar-refractivity contribution in [2.75, 3.05) is 17.3 Å². The largest absolute Gasteiger partial charge is 0.326 e. The smallest absolute Gasteiger partial charge is 0.318 e. The molecule has 2 N–H and O–H groups in total. The minimum Gasteiger partial charge on any atom is -0.318 e. The summed E-state index contributed by atoms with van der Waals surface area (Å²) in [5.41, 5.74) is 0.738. The molecule has 1 unspecified atom stereocenters. The van der Waals surface area contributed by atoms with Crippen LogP contribution in [-0.4, -0.2) is 35.7 Å². The van der Waals surface area contributed by atoms with Gasteiger partial charge in [-0.05, 0) is 49.6 Å². The number of halogens is 1. The monoisotopic (exact) mass is 422 g/mol. The van der Waals surface area contributed by atoms with E-state index in [4.69, 9.17) is 11.6 Å². The van der Waals surface area contributed by atoms with Gasteiger partial charge >= 0.3 is 12.1 Å². The van der Waals surface area contributed by atoms with Gasteiger partial charge in [0.2, 0.25) is 0 Å². The SMILES string of the molecule is CN1C(=O)N(c2cccc3ccccc23)C(NC(=O)Nc2ccc(Cl)cc2)C1(C)C. The number of likely N-dealkylation sites (N-methyl/N-ethyl adjacent to an activating group) is 1. The molecule has 1 saturated heterocycles. The molecule has 1 heterocycles. The van der Waals surface area contributed by atoms with Gasteiger partial charge < -0.3 is 15.5 Å². The van der Waals surface area contributed by atoms with Crippen LogP contribution in [0.3, 0.4) is 0 Å². The number of carbonyl (C=O) groups is 2. The molecule has 0 radical (unpaired) electrons. The van der Waals surface area contributed by atoms with E-state index < -0.39 is 17.7 Å². The molecule has 3 aromatic carbocycles. The van der Waals surface area contributed by atoms with Crippen molar-refractivity contribution < 1.29 is 9.59 Å². The molecule has 154 valence electrons. The average molecular weight is 423 g/mol. The number of fused-ring (bicyclic) bond motifs is 1. The number of rotatable bonds is 3. The van der Waals surface area contributed by atoms with E-state index in [1.165, 1.54) is 0 Å². The van der Waals surface area contributed by atoms with E-state index in [0.29, 0.717) is 10.7 Å². The quantitative estimate of drug-likeness (QED) is 0.602. The second-order valence-electron chi connectivity index (χ2n) is 7.87. The normalized spacial score (nSPS) is 18.0. The molecule has 3 aromatic rings. The van der Waals surface area contributed by atoms with Crippen LogP contribution < -0.4 is 15.5 Å². The fourth-order valence-corrected chi connectivity index (χ4v) is 3.87. The van der Waals surface area contributed by atoms with E-state index in [1.807, 2.05) is 56.3 Å². The second-order valence-corrected chi connectivity index (χ2v) is 8.31. The maximum Gasteiger partial charge on any atom is 0.326 e. The van der Waals surface area contributed by atoms with Gasteiger partial charge in [-0.25, -0.2) is 9.59 Å². The van der Waals surface area contributed by atoms with Gasteiger partial charge in [0.15, 0.2) is 0 Å². The standard InChI is InChI=1S/C23H23ClN4O2/c1-23(2)20(26-21(29)25-17-13-11-16(24)12-14-17)28(22(30)27(23)3)19-10-6-8-15-7-4-5-9-18(15)19/h4-14,20H,1-3H3,(H2,25,26,29). The number of urea groups is 2. The van der Waals surface area contributed by atoms with Gasteiger partial charge in [-0.15, -0.1) is 0 Å². The summed E-state index contributed by atoms with van der Waals surface area (Å²) >= 11 is 5.91. The van der Waals surface area contributed by atoms with Gasteiger partial charge in [-0.1, -0.05) is 48.0 Å². The van der Waals surface area contributed by atoms with Crippen molar-refractivity contribution in [2.24, 2.45) is 0 Å². The molecule has 1 fully saturated rings. The summed E-state index contributed by atoms with van der Waals surface area (Å²) in [5.74, 6) is 0. The Morgan fingerprint density at radius 1 is 1.00 bits per heavy atom. The Balaban J connectivity index is 1.68. The third-order valence-corrected chi connectivity index (χ3v) is 5.93. The Morgan fingerprint density at radius 3 is 2.40 bits per heavy atom. The highest BCUT2D eigenvalue weighted by Crippen LogP contribution is 2.37. The molecule has 0 aliphatic carbocycles. The van der Waals surface area contributed by atoms with Crippen LogP contribution in [0.25, 0.3) is 10.8 Å². The Kier molecular flexibility index (Phi) is 5.03. The van der Waals surface area contributed by atoms with Crippen LogP contribution in [0.5, 0.6) is 0 Å². The first-order chi connectivity index (χ1) is 14.3. The highest BCUT2D eigenvalue weighted by Gasteiger charge is 2.51. The fourth-order valence-electron chi connectivity index (χ4n) is 3.74. The predicted octanol–water partition coefficient (Wildman–Crippen LogP) is 5.29. The fraction of sp³-hybridized carbons (Fsp3) is 0.217. The summed E-state index contributed by atoms with van der Waals surface area (Å²) in [6.45, 7) is 3.87. The summed E-state index contributed by atoms with van der Waals surface area (Å²) < 4.78 is 0. The molecule has 1 aliphatic rings. The second kappa shape index (κ2) is 7.54. The van der Waals surface area contributed by atoms with E-state index in [9.17, 15) is 9.59 Å². The molecule has 0 saturated carbocycles. The lowest BCUT2D eigenvalue weighted by atomic mass is 10.00. The molecule has 0 spiro atoms. The number of nitrogens with one attached hydrogen (secondary N) is 2. The first-order valence-corrected chi connectivity index (χ1v) is 10.0. The zero-order valence-corrected chi connectivity index (χ0v) is 17.8. The van der Waals surface area contributed by atoms with Crippen LogP contribution in [0.1, 0.15) is 13.8 Å². The molecule has 6 nitrogen and oxygen atoms in total. The van der Waals surface area contributed by atoms with E-state index >= 15 is 0 Å². The van der Waals surface area contributed by atoms with Gasteiger partial charge in [0.05, 0.1) is 11.2 Å². The van der Waals surface area contributed by atoms with Crippen LogP contribution in [0.15, 0.2) is 66.7 Å². The van der Waals surface area contributed by atoms with Crippen LogP contribution in [0, 0.1) is 0 Å². The van der Waals surface area contributed by atoms with Crippen LogP contribution >= 0.6 is 11.6 Å². The molecule has 0 aromatic heterocycles. The number of nitrogens with zero attached hydrogens (tertiary/aromatic N) is 2. The number of anilines is 2. The molecule has 30 heavy (non-hydrogen) atoms. The van der Waals surface area contributed by atoms with Gasteiger partial charge in [-0.2, -0.15) is 0 Å². The van der Waals surface area contributed by atoms with Crippen molar-refractivity contribution in [3.8, 4) is 0 Å². The number of carbonyl (C=O) groups excluding carboxylic acids is 2. The van der Waals surface area contributed by atoms with Crippen molar-refractivity contribution in [3.63, 3.8) is 0 Å². The minimum atomic E-state index is -0.634. The van der Waals surface area contributed by atoms with Crippen molar-refractivity contribution in [2.45, 2.75) is 25.6 Å². The van der Waals surface area contributed by atoms with Crippen molar-refractivity contribution in [3.05, 3.63) is 71.8 Å². The van der Waals surface area contributed by atoms with Gasteiger partial charge in [-0.3, -0.25) is 4.90 Å².